The number of nitrogens with zero attached hydrogens (tertiary/aromatic N) is 3. The molecule has 1 atom stereocenters. The molecule has 2 heterocycles. The molecule has 0 spiro atoms. The first-order valence-corrected chi connectivity index (χ1v) is 8.02. The van der Waals surface area contributed by atoms with Gasteiger partial charge < -0.3 is 15.5 Å². The molecule has 0 aromatic carbocycles. The number of anilines is 1. The van der Waals surface area contributed by atoms with Gasteiger partial charge in [-0.3, -0.25) is 9.36 Å². The van der Waals surface area contributed by atoms with Crippen LogP contribution in [0.5, 0.6) is 0 Å². The van der Waals surface area contributed by atoms with Crippen molar-refractivity contribution in [1.29, 1.82) is 0 Å². The van der Waals surface area contributed by atoms with Gasteiger partial charge in [-0.25, -0.2) is 4.98 Å². The molecule has 2 aromatic heterocycles. The third kappa shape index (κ3) is 3.68. The monoisotopic (exact) mass is 318 g/mol. The summed E-state index contributed by atoms with van der Waals surface area (Å²) in [7, 11) is 0. The summed E-state index contributed by atoms with van der Waals surface area (Å²) >= 11 is 0. The smallest absolute Gasteiger partial charge is 0.252 e. The highest BCUT2D eigenvalue weighted by Crippen LogP contribution is 2.21. The van der Waals surface area contributed by atoms with Crippen molar-refractivity contribution in [3.63, 3.8) is 0 Å². The van der Waals surface area contributed by atoms with Crippen LogP contribution in [0.15, 0.2) is 23.1 Å². The Balaban J connectivity index is 1.89. The van der Waals surface area contributed by atoms with Crippen LogP contribution in [0, 0.1) is 0 Å². The van der Waals surface area contributed by atoms with Crippen molar-refractivity contribution in [1.82, 2.24) is 14.5 Å². The van der Waals surface area contributed by atoms with Crippen LogP contribution in [-0.2, 0) is 6.54 Å². The maximum Gasteiger partial charge on any atom is 0.252 e. The van der Waals surface area contributed by atoms with E-state index in [4.69, 9.17) is 0 Å². The van der Waals surface area contributed by atoms with Crippen LogP contribution in [0.1, 0.15) is 32.6 Å². The minimum absolute atomic E-state index is 0.191. The zero-order valence-electron chi connectivity index (χ0n) is 13.1. The minimum atomic E-state index is -0.635. The number of aliphatic hydroxyl groups excluding tert-OH is 2. The van der Waals surface area contributed by atoms with Gasteiger partial charge in [0.25, 0.3) is 5.56 Å². The standard InChI is InChI=1S/C16H22N4O3/c1-10(21)9-20-14(23)7-2-11-8-17-16(19-15(11)20)18-12-3-5-13(22)6-4-12/h2,7-8,10,12-13,21-22H,3-6,9H2,1H3,(H,17,18,19)/t10-,12-,13-/m0/s1. The Bertz CT molecular complexity index is 736. The number of aromatic nitrogens is 3. The molecule has 0 bridgehead atoms. The predicted molar refractivity (Wildman–Crippen MR) is 87.4 cm³/mol. The minimum Gasteiger partial charge on any atom is -0.393 e. The van der Waals surface area contributed by atoms with Gasteiger partial charge in [0.15, 0.2) is 0 Å². The maximum absolute atomic E-state index is 12.0. The van der Waals surface area contributed by atoms with Gasteiger partial charge in [-0.2, -0.15) is 4.98 Å². The summed E-state index contributed by atoms with van der Waals surface area (Å²) in [6, 6.07) is 3.39. The number of pyridine rings is 1. The van der Waals surface area contributed by atoms with Crippen molar-refractivity contribution in [2.75, 3.05) is 5.32 Å². The quantitative estimate of drug-likeness (QED) is 0.774. The number of fused-ring (bicyclic) bond motifs is 1. The molecule has 0 unspecified atom stereocenters. The summed E-state index contributed by atoms with van der Waals surface area (Å²) in [6.45, 7) is 1.83. The molecule has 1 fully saturated rings. The van der Waals surface area contributed by atoms with E-state index in [-0.39, 0.29) is 24.2 Å². The van der Waals surface area contributed by atoms with E-state index < -0.39 is 6.10 Å². The molecule has 3 rings (SSSR count). The molecule has 1 saturated carbocycles. The molecular formula is C16H22N4O3. The van der Waals surface area contributed by atoms with Crippen LogP contribution in [-0.4, -0.2) is 43.0 Å². The first-order chi connectivity index (χ1) is 11.0. The van der Waals surface area contributed by atoms with Crippen LogP contribution in [0.3, 0.4) is 0 Å². The van der Waals surface area contributed by atoms with E-state index >= 15 is 0 Å². The molecule has 7 nitrogen and oxygen atoms in total. The molecule has 0 radical (unpaired) electrons. The Morgan fingerprint density at radius 1 is 1.35 bits per heavy atom. The summed E-state index contributed by atoms with van der Waals surface area (Å²) in [5.41, 5.74) is 0.329. The fourth-order valence-corrected chi connectivity index (χ4v) is 2.98. The molecule has 0 saturated heterocycles. The van der Waals surface area contributed by atoms with Gasteiger partial charge in [0.1, 0.15) is 5.65 Å². The van der Waals surface area contributed by atoms with Crippen LogP contribution in [0.25, 0.3) is 11.0 Å². The van der Waals surface area contributed by atoms with Gasteiger partial charge in [0.2, 0.25) is 5.95 Å². The lowest BCUT2D eigenvalue weighted by Gasteiger charge is -2.26. The molecule has 124 valence electrons. The van der Waals surface area contributed by atoms with Gasteiger partial charge >= 0.3 is 0 Å². The average Bonchev–Trinajstić information content (AvgIpc) is 2.52. The van der Waals surface area contributed by atoms with Crippen LogP contribution in [0.2, 0.25) is 0 Å². The number of rotatable bonds is 4. The molecule has 1 aliphatic carbocycles. The molecule has 23 heavy (non-hydrogen) atoms. The molecule has 3 N–H and O–H groups in total. The molecule has 0 amide bonds. The zero-order valence-corrected chi connectivity index (χ0v) is 13.1. The number of nitrogens with one attached hydrogen (secondary N) is 1. The first kappa shape index (κ1) is 15.9. The Labute approximate surface area is 134 Å². The maximum atomic E-state index is 12.0. The number of hydrogen-bond acceptors (Lipinski definition) is 6. The van der Waals surface area contributed by atoms with Crippen molar-refractivity contribution in [3.05, 3.63) is 28.7 Å². The predicted octanol–water partition coefficient (Wildman–Crippen LogP) is 0.888. The van der Waals surface area contributed by atoms with Crippen molar-refractivity contribution < 1.29 is 10.2 Å². The van der Waals surface area contributed by atoms with E-state index in [1.807, 2.05) is 0 Å². The second kappa shape index (κ2) is 6.64. The van der Waals surface area contributed by atoms with E-state index in [1.54, 1.807) is 19.2 Å². The average molecular weight is 318 g/mol. The summed E-state index contributed by atoms with van der Waals surface area (Å²) in [4.78, 5) is 20.8. The van der Waals surface area contributed by atoms with Gasteiger partial charge in [0, 0.05) is 23.7 Å². The summed E-state index contributed by atoms with van der Waals surface area (Å²) in [5, 5.41) is 23.2. The second-order valence-electron chi connectivity index (χ2n) is 6.25. The number of aliphatic hydroxyl groups is 2. The largest absolute Gasteiger partial charge is 0.393 e. The fourth-order valence-electron chi connectivity index (χ4n) is 2.98. The summed E-state index contributed by atoms with van der Waals surface area (Å²) in [5.74, 6) is 0.476. The topological polar surface area (TPSA) is 100 Å². The molecule has 7 heteroatoms. The molecular weight excluding hydrogens is 296 g/mol. The summed E-state index contributed by atoms with van der Waals surface area (Å²) < 4.78 is 1.47. The van der Waals surface area contributed by atoms with Gasteiger partial charge in [-0.05, 0) is 38.7 Å². The Hall–Kier alpha value is -1.99. The lowest BCUT2D eigenvalue weighted by Crippen LogP contribution is -2.29. The van der Waals surface area contributed by atoms with E-state index in [0.29, 0.717) is 11.6 Å². The van der Waals surface area contributed by atoms with Gasteiger partial charge in [-0.1, -0.05) is 0 Å². The third-order valence-electron chi connectivity index (χ3n) is 4.20. The fraction of sp³-hybridized carbons (Fsp3) is 0.562. The van der Waals surface area contributed by atoms with Crippen molar-refractivity contribution in [2.24, 2.45) is 0 Å². The lowest BCUT2D eigenvalue weighted by molar-refractivity contribution is 0.126. The van der Waals surface area contributed by atoms with Crippen molar-refractivity contribution in [2.45, 2.75) is 57.4 Å². The van der Waals surface area contributed by atoms with Gasteiger partial charge in [-0.15, -0.1) is 0 Å². The normalized spacial score (nSPS) is 22.9. The summed E-state index contributed by atoms with van der Waals surface area (Å²) in [6.07, 6.45) is 4.14. The van der Waals surface area contributed by atoms with E-state index in [1.165, 1.54) is 10.6 Å². The molecule has 1 aliphatic rings. The Morgan fingerprint density at radius 3 is 2.78 bits per heavy atom. The number of hydrogen-bond donors (Lipinski definition) is 3. The van der Waals surface area contributed by atoms with E-state index in [0.717, 1.165) is 31.1 Å². The Morgan fingerprint density at radius 2 is 2.09 bits per heavy atom. The molecule has 2 aromatic rings. The first-order valence-electron chi connectivity index (χ1n) is 8.02. The highest BCUT2D eigenvalue weighted by molar-refractivity contribution is 5.75. The van der Waals surface area contributed by atoms with Crippen LogP contribution >= 0.6 is 0 Å². The lowest BCUT2D eigenvalue weighted by atomic mass is 9.93. The Kier molecular flexibility index (Phi) is 4.58. The van der Waals surface area contributed by atoms with E-state index in [9.17, 15) is 15.0 Å². The van der Waals surface area contributed by atoms with E-state index in [2.05, 4.69) is 15.3 Å². The van der Waals surface area contributed by atoms with Crippen molar-refractivity contribution in [3.8, 4) is 0 Å². The zero-order chi connectivity index (χ0) is 16.4. The van der Waals surface area contributed by atoms with Crippen LogP contribution in [0.4, 0.5) is 5.95 Å². The highest BCUT2D eigenvalue weighted by Gasteiger charge is 2.20. The van der Waals surface area contributed by atoms with Gasteiger partial charge in [0.05, 0.1) is 18.8 Å². The highest BCUT2D eigenvalue weighted by atomic mass is 16.3. The third-order valence-corrected chi connectivity index (χ3v) is 4.20. The second-order valence-corrected chi connectivity index (χ2v) is 6.25. The molecule has 0 aliphatic heterocycles. The SMILES string of the molecule is C[C@H](O)Cn1c(=O)ccc2cnc(N[C@H]3CC[C@H](O)CC3)nc21. The van der Waals surface area contributed by atoms with Crippen molar-refractivity contribution >= 4 is 17.0 Å². The van der Waals surface area contributed by atoms with Crippen LogP contribution < -0.4 is 10.9 Å².